The molecule has 1 atom stereocenters. The van der Waals surface area contributed by atoms with Crippen LogP contribution in [0.1, 0.15) is 34.8 Å². The number of rotatable bonds is 8. The van der Waals surface area contributed by atoms with Crippen LogP contribution in [-0.4, -0.2) is 28.5 Å². The van der Waals surface area contributed by atoms with Gasteiger partial charge in [-0.2, -0.15) is 0 Å². The van der Waals surface area contributed by atoms with Crippen molar-refractivity contribution >= 4 is 11.9 Å². The fourth-order valence-corrected chi connectivity index (χ4v) is 2.71. The number of amides is 1. The van der Waals surface area contributed by atoms with Crippen molar-refractivity contribution in [2.45, 2.75) is 19.6 Å². The van der Waals surface area contributed by atoms with E-state index in [0.717, 1.165) is 5.56 Å². The van der Waals surface area contributed by atoms with E-state index < -0.39 is 12.2 Å². The van der Waals surface area contributed by atoms with E-state index in [9.17, 15) is 14.7 Å². The molecule has 0 spiro atoms. The first-order chi connectivity index (χ1) is 14.9. The standard InChI is InChI=1S/C23H21N3O5/c1-15(27)30-18-7-5-17(6-8-18)23(29)26-11-9-16-3-2-4-19(13-16)31-20-10-12-25-21(14-20)22(24)28/h2-5,7,10,12-14,22,28H,9,11,24H2,1H3,(H,26,29)/p+1. The number of nitrogens with one attached hydrogen (secondary N) is 1. The summed E-state index contributed by atoms with van der Waals surface area (Å²) >= 11 is 0. The molecule has 0 saturated heterocycles. The number of ether oxygens (including phenoxy) is 2. The Morgan fingerprint density at radius 1 is 1.16 bits per heavy atom. The topological polar surface area (TPSA) is 125 Å². The van der Waals surface area contributed by atoms with Crippen LogP contribution in [0.25, 0.3) is 0 Å². The molecule has 1 heterocycles. The highest BCUT2D eigenvalue weighted by Gasteiger charge is 2.09. The molecule has 0 fully saturated rings. The molecular formula is C23H22N3O5+. The molecule has 0 aliphatic carbocycles. The number of hydrogen-bond donors (Lipinski definition) is 3. The van der Waals surface area contributed by atoms with Gasteiger partial charge in [0.05, 0.1) is 5.56 Å². The van der Waals surface area contributed by atoms with E-state index >= 15 is 0 Å². The van der Waals surface area contributed by atoms with Crippen LogP contribution < -0.4 is 20.5 Å². The number of carbonyl (C=O) groups excluding carboxylic acids is 2. The van der Waals surface area contributed by atoms with Crippen molar-refractivity contribution in [3.63, 3.8) is 0 Å². The maximum absolute atomic E-state index is 12.2. The third-order valence-corrected chi connectivity index (χ3v) is 4.15. The van der Waals surface area contributed by atoms with Gasteiger partial charge < -0.3 is 25.6 Å². The SMILES string of the molecule is CC(=O)Oc1c#cc(C(=O)NCCc2cccc(Oc3ccnc(C([NH3+])O)c3)c2)cc1. The summed E-state index contributed by atoms with van der Waals surface area (Å²) in [5.41, 5.74) is 5.23. The van der Waals surface area contributed by atoms with Gasteiger partial charge in [-0.05, 0) is 48.4 Å². The minimum atomic E-state index is -0.925. The monoisotopic (exact) mass is 420 g/mol. The van der Waals surface area contributed by atoms with Gasteiger partial charge in [0.1, 0.15) is 17.2 Å². The van der Waals surface area contributed by atoms with Crippen LogP contribution in [0.3, 0.4) is 0 Å². The number of pyridine rings is 1. The van der Waals surface area contributed by atoms with Crippen molar-refractivity contribution in [2.24, 2.45) is 0 Å². The van der Waals surface area contributed by atoms with E-state index in [0.29, 0.717) is 35.7 Å². The van der Waals surface area contributed by atoms with Gasteiger partial charge in [-0.15, -0.1) is 0 Å². The summed E-state index contributed by atoms with van der Waals surface area (Å²) in [6.45, 7) is 1.70. The van der Waals surface area contributed by atoms with Crippen molar-refractivity contribution in [3.8, 4) is 17.2 Å². The minimum absolute atomic E-state index is 0.215. The summed E-state index contributed by atoms with van der Waals surface area (Å²) in [6, 6.07) is 19.1. The summed E-state index contributed by atoms with van der Waals surface area (Å²) in [5, 5.41) is 12.4. The van der Waals surface area contributed by atoms with Crippen LogP contribution in [0.15, 0.2) is 54.7 Å². The van der Waals surface area contributed by atoms with Gasteiger partial charge in [0.2, 0.25) is 6.23 Å². The number of aliphatic hydroxyl groups is 1. The van der Waals surface area contributed by atoms with E-state index in [1.165, 1.54) is 19.1 Å². The lowest BCUT2D eigenvalue weighted by molar-refractivity contribution is -0.491. The molecule has 3 rings (SSSR count). The predicted octanol–water partition coefficient (Wildman–Crippen LogP) is 1.60. The Bertz CT molecular complexity index is 1050. The molecule has 0 aliphatic rings. The minimum Gasteiger partial charge on any atom is -0.457 e. The average Bonchev–Trinajstić information content (AvgIpc) is 2.74. The van der Waals surface area contributed by atoms with Crippen LogP contribution >= 0.6 is 0 Å². The summed E-state index contributed by atoms with van der Waals surface area (Å²) in [6.07, 6.45) is 1.22. The molecule has 8 nitrogen and oxygen atoms in total. The Hall–Kier alpha value is -3.93. The number of carbonyl (C=O) groups is 2. The smallest absolute Gasteiger partial charge is 0.308 e. The van der Waals surface area contributed by atoms with Crippen molar-refractivity contribution in [1.29, 1.82) is 0 Å². The molecule has 3 aromatic rings. The lowest BCUT2D eigenvalue weighted by Gasteiger charge is -2.09. The molecule has 1 aromatic heterocycles. The molecular weight excluding hydrogens is 398 g/mol. The van der Waals surface area contributed by atoms with Gasteiger partial charge in [-0.1, -0.05) is 18.2 Å². The van der Waals surface area contributed by atoms with Crippen molar-refractivity contribution in [1.82, 2.24) is 10.3 Å². The molecule has 2 aromatic carbocycles. The Balaban J connectivity index is 1.53. The first-order valence-electron chi connectivity index (χ1n) is 9.55. The number of aromatic nitrogens is 1. The first kappa shape index (κ1) is 21.8. The molecule has 0 saturated carbocycles. The zero-order chi connectivity index (χ0) is 22.2. The Morgan fingerprint density at radius 2 is 1.97 bits per heavy atom. The van der Waals surface area contributed by atoms with Gasteiger partial charge in [0, 0.05) is 25.7 Å². The second-order valence-electron chi connectivity index (χ2n) is 6.64. The summed E-state index contributed by atoms with van der Waals surface area (Å²) in [7, 11) is 0. The Labute approximate surface area is 179 Å². The lowest BCUT2D eigenvalue weighted by atomic mass is 10.1. The number of quaternary nitrogens is 1. The molecule has 8 heteroatoms. The maximum atomic E-state index is 12.2. The second kappa shape index (κ2) is 10.2. The molecule has 5 N–H and O–H groups in total. The van der Waals surface area contributed by atoms with Gasteiger partial charge >= 0.3 is 5.97 Å². The van der Waals surface area contributed by atoms with Crippen molar-refractivity contribution < 1.29 is 29.9 Å². The molecule has 1 amide bonds. The van der Waals surface area contributed by atoms with E-state index in [1.54, 1.807) is 18.3 Å². The zero-order valence-electron chi connectivity index (χ0n) is 16.9. The third kappa shape index (κ3) is 6.54. The van der Waals surface area contributed by atoms with Crippen LogP contribution in [0.4, 0.5) is 0 Å². The van der Waals surface area contributed by atoms with E-state index in [1.807, 2.05) is 24.3 Å². The van der Waals surface area contributed by atoms with Gasteiger partial charge in [0.25, 0.3) is 5.91 Å². The van der Waals surface area contributed by atoms with Gasteiger partial charge in [-0.3, -0.25) is 14.6 Å². The fourth-order valence-electron chi connectivity index (χ4n) is 2.71. The molecule has 31 heavy (non-hydrogen) atoms. The second-order valence-corrected chi connectivity index (χ2v) is 6.64. The quantitative estimate of drug-likeness (QED) is 0.376. The van der Waals surface area contributed by atoms with Crippen molar-refractivity contribution in [2.75, 3.05) is 6.54 Å². The number of benzene rings is 1. The highest BCUT2D eigenvalue weighted by molar-refractivity contribution is 5.93. The molecule has 158 valence electrons. The average molecular weight is 420 g/mol. The number of hydrogen-bond acceptors (Lipinski definition) is 6. The number of nitrogens with zero attached hydrogens (tertiary/aromatic N) is 1. The van der Waals surface area contributed by atoms with Crippen LogP contribution in [0.2, 0.25) is 0 Å². The maximum Gasteiger partial charge on any atom is 0.308 e. The van der Waals surface area contributed by atoms with E-state index in [-0.39, 0.29) is 11.7 Å². The van der Waals surface area contributed by atoms with Crippen LogP contribution in [0.5, 0.6) is 17.2 Å². The Morgan fingerprint density at radius 3 is 2.68 bits per heavy atom. The van der Waals surface area contributed by atoms with E-state index in [4.69, 9.17) is 9.47 Å². The first-order valence-corrected chi connectivity index (χ1v) is 9.55. The normalized spacial score (nSPS) is 11.2. The number of esters is 1. The highest BCUT2D eigenvalue weighted by atomic mass is 16.5. The van der Waals surface area contributed by atoms with Gasteiger partial charge in [-0.25, -0.2) is 0 Å². The number of aliphatic hydroxyl groups excluding tert-OH is 1. The molecule has 0 radical (unpaired) electrons. The largest absolute Gasteiger partial charge is 0.457 e. The van der Waals surface area contributed by atoms with Crippen molar-refractivity contribution in [3.05, 3.63) is 83.7 Å². The fraction of sp³-hybridized carbons (Fsp3) is 0.174. The van der Waals surface area contributed by atoms with Crippen LogP contribution in [0, 0.1) is 12.1 Å². The molecule has 1 unspecified atom stereocenters. The van der Waals surface area contributed by atoms with Crippen LogP contribution in [-0.2, 0) is 11.2 Å². The summed E-state index contributed by atoms with van der Waals surface area (Å²) < 4.78 is 10.7. The Kier molecular flexibility index (Phi) is 7.17. The lowest BCUT2D eigenvalue weighted by Crippen LogP contribution is -2.53. The van der Waals surface area contributed by atoms with Gasteiger partial charge in [0.15, 0.2) is 5.75 Å². The molecule has 0 bridgehead atoms. The molecule has 0 aliphatic heterocycles. The van der Waals surface area contributed by atoms with E-state index in [2.05, 4.69) is 28.2 Å². The predicted molar refractivity (Wildman–Crippen MR) is 110 cm³/mol. The highest BCUT2D eigenvalue weighted by Crippen LogP contribution is 2.23. The summed E-state index contributed by atoms with van der Waals surface area (Å²) in [4.78, 5) is 27.2. The zero-order valence-corrected chi connectivity index (χ0v) is 16.9. The third-order valence-electron chi connectivity index (χ3n) is 4.15. The summed E-state index contributed by atoms with van der Waals surface area (Å²) in [5.74, 6) is 0.629.